The number of para-hydroxylation sites is 2. The van der Waals surface area contributed by atoms with Crippen LogP contribution in [0, 0.1) is 0 Å². The minimum atomic E-state index is -4.48. The van der Waals surface area contributed by atoms with Crippen LogP contribution in [0.1, 0.15) is 29.9 Å². The number of benzene rings is 2. The van der Waals surface area contributed by atoms with Gasteiger partial charge in [-0.1, -0.05) is 29.4 Å². The van der Waals surface area contributed by atoms with E-state index in [9.17, 15) is 18.3 Å². The van der Waals surface area contributed by atoms with E-state index in [1.54, 1.807) is 6.07 Å². The molecule has 0 aliphatic rings. The van der Waals surface area contributed by atoms with Crippen molar-refractivity contribution in [2.75, 3.05) is 11.9 Å². The molecule has 31 heavy (non-hydrogen) atoms. The smallest absolute Gasteiger partial charge is 0.369 e. The van der Waals surface area contributed by atoms with Gasteiger partial charge in [0.15, 0.2) is 5.72 Å². The first-order chi connectivity index (χ1) is 14.7. The highest BCUT2D eigenvalue weighted by Crippen LogP contribution is 2.31. The van der Waals surface area contributed by atoms with Gasteiger partial charge in [0, 0.05) is 6.54 Å². The molecule has 2 unspecified atom stereocenters. The second kappa shape index (κ2) is 8.00. The van der Waals surface area contributed by atoms with Crippen molar-refractivity contribution in [3.05, 3.63) is 71.9 Å². The van der Waals surface area contributed by atoms with E-state index in [0.717, 1.165) is 24.0 Å². The molecule has 8 nitrogen and oxygen atoms in total. The highest BCUT2D eigenvalue weighted by molar-refractivity contribution is 5.77. The first-order valence-corrected chi connectivity index (χ1v) is 9.35. The number of aliphatic hydroxyl groups is 1. The molecule has 0 aliphatic carbocycles. The maximum atomic E-state index is 13.2. The number of imidazole rings is 1. The summed E-state index contributed by atoms with van der Waals surface area (Å²) in [6.45, 7) is 1.45. The molecule has 2 aromatic heterocycles. The van der Waals surface area contributed by atoms with E-state index in [0.29, 0.717) is 17.0 Å². The minimum Gasteiger partial charge on any atom is -0.369 e. The van der Waals surface area contributed by atoms with Gasteiger partial charge in [0.05, 0.1) is 22.6 Å². The highest BCUT2D eigenvalue weighted by Gasteiger charge is 2.32. The zero-order valence-corrected chi connectivity index (χ0v) is 16.3. The van der Waals surface area contributed by atoms with Crippen LogP contribution in [-0.4, -0.2) is 31.8 Å². The Morgan fingerprint density at radius 3 is 2.68 bits per heavy atom. The Kier molecular flexibility index (Phi) is 5.38. The molecule has 0 aliphatic heterocycles. The van der Waals surface area contributed by atoms with Crippen LogP contribution in [0.5, 0.6) is 0 Å². The number of aromatic amines is 1. The molecule has 0 radical (unpaired) electrons. The van der Waals surface area contributed by atoms with Gasteiger partial charge in [0.25, 0.3) is 0 Å². The van der Waals surface area contributed by atoms with Gasteiger partial charge in [-0.25, -0.2) is 4.98 Å². The predicted molar refractivity (Wildman–Crippen MR) is 106 cm³/mol. The summed E-state index contributed by atoms with van der Waals surface area (Å²) >= 11 is 0. The summed E-state index contributed by atoms with van der Waals surface area (Å²) in [5.74, 6) is 0.378. The molecule has 4 N–H and O–H groups in total. The molecule has 2 aromatic carbocycles. The van der Waals surface area contributed by atoms with E-state index in [4.69, 9.17) is 0 Å². The fourth-order valence-electron chi connectivity index (χ4n) is 3.14. The third-order valence-electron chi connectivity index (χ3n) is 4.76. The molecule has 0 saturated carbocycles. The SMILES string of the molecule is CC(O)(NCC(Nc1nc2ccccc2[nH]1)c1cccc(C(F)(F)F)c1)c1ncon1. The molecule has 2 atom stereocenters. The molecule has 11 heteroatoms. The number of alkyl halides is 3. The Hall–Kier alpha value is -3.44. The third-order valence-corrected chi connectivity index (χ3v) is 4.76. The lowest BCUT2D eigenvalue weighted by molar-refractivity contribution is -0.137. The summed E-state index contributed by atoms with van der Waals surface area (Å²) in [7, 11) is 0. The molecule has 4 rings (SSSR count). The maximum absolute atomic E-state index is 13.2. The van der Waals surface area contributed by atoms with Crippen molar-refractivity contribution >= 4 is 17.0 Å². The topological polar surface area (TPSA) is 112 Å². The van der Waals surface area contributed by atoms with Gasteiger partial charge in [-0.2, -0.15) is 18.2 Å². The van der Waals surface area contributed by atoms with E-state index >= 15 is 0 Å². The lowest BCUT2D eigenvalue weighted by Crippen LogP contribution is -2.43. The average molecular weight is 432 g/mol. The van der Waals surface area contributed by atoms with Gasteiger partial charge >= 0.3 is 6.18 Å². The van der Waals surface area contributed by atoms with Crippen LogP contribution in [0.3, 0.4) is 0 Å². The summed E-state index contributed by atoms with van der Waals surface area (Å²) in [4.78, 5) is 11.3. The number of nitrogens with zero attached hydrogens (tertiary/aromatic N) is 3. The maximum Gasteiger partial charge on any atom is 0.416 e. The Morgan fingerprint density at radius 1 is 1.16 bits per heavy atom. The number of rotatable bonds is 7. The molecular weight excluding hydrogens is 413 g/mol. The van der Waals surface area contributed by atoms with E-state index < -0.39 is 23.5 Å². The normalized spacial score (nSPS) is 15.0. The number of fused-ring (bicyclic) bond motifs is 1. The van der Waals surface area contributed by atoms with Crippen molar-refractivity contribution < 1.29 is 22.8 Å². The zero-order valence-electron chi connectivity index (χ0n) is 16.3. The Balaban J connectivity index is 1.63. The first-order valence-electron chi connectivity index (χ1n) is 9.35. The number of hydrogen-bond acceptors (Lipinski definition) is 7. The van der Waals surface area contributed by atoms with Crippen LogP contribution in [0.25, 0.3) is 11.0 Å². The van der Waals surface area contributed by atoms with Crippen molar-refractivity contribution in [3.8, 4) is 0 Å². The van der Waals surface area contributed by atoms with Gasteiger partial charge in [-0.15, -0.1) is 0 Å². The first kappa shape index (κ1) is 20.8. The molecule has 0 saturated heterocycles. The summed E-state index contributed by atoms with van der Waals surface area (Å²) in [6, 6.07) is 11.6. The van der Waals surface area contributed by atoms with Crippen molar-refractivity contribution in [3.63, 3.8) is 0 Å². The number of H-pyrrole nitrogens is 1. The Labute approximate surface area is 174 Å². The van der Waals surface area contributed by atoms with Crippen LogP contribution >= 0.6 is 0 Å². The van der Waals surface area contributed by atoms with Crippen LogP contribution in [0.4, 0.5) is 19.1 Å². The Morgan fingerprint density at radius 2 is 1.97 bits per heavy atom. The van der Waals surface area contributed by atoms with Gasteiger partial charge in [-0.3, -0.25) is 5.32 Å². The predicted octanol–water partition coefficient (Wildman–Crippen LogP) is 3.57. The van der Waals surface area contributed by atoms with Gasteiger partial charge in [0.1, 0.15) is 0 Å². The van der Waals surface area contributed by atoms with Crippen LogP contribution in [-0.2, 0) is 11.9 Å². The van der Waals surface area contributed by atoms with Crippen molar-refractivity contribution in [2.24, 2.45) is 0 Å². The van der Waals surface area contributed by atoms with Crippen molar-refractivity contribution in [1.82, 2.24) is 25.4 Å². The summed E-state index contributed by atoms with van der Waals surface area (Å²) < 4.78 is 44.4. The van der Waals surface area contributed by atoms with E-state index in [1.807, 2.05) is 24.3 Å². The molecule has 0 spiro atoms. The lowest BCUT2D eigenvalue weighted by atomic mass is 10.0. The molecule has 2 heterocycles. The van der Waals surface area contributed by atoms with E-state index in [1.165, 1.54) is 13.0 Å². The number of anilines is 1. The molecule has 0 fully saturated rings. The van der Waals surface area contributed by atoms with Crippen LogP contribution < -0.4 is 10.6 Å². The van der Waals surface area contributed by atoms with Gasteiger partial charge in [0.2, 0.25) is 18.2 Å². The number of aromatic nitrogens is 4. The van der Waals surface area contributed by atoms with Crippen molar-refractivity contribution in [2.45, 2.75) is 24.9 Å². The monoisotopic (exact) mass is 432 g/mol. The number of nitrogens with one attached hydrogen (secondary N) is 3. The lowest BCUT2D eigenvalue weighted by Gasteiger charge is -2.26. The van der Waals surface area contributed by atoms with Crippen molar-refractivity contribution in [1.29, 1.82) is 0 Å². The fraction of sp³-hybridized carbons (Fsp3) is 0.250. The van der Waals surface area contributed by atoms with Crippen LogP contribution in [0.15, 0.2) is 59.4 Å². The third kappa shape index (κ3) is 4.67. The van der Waals surface area contributed by atoms with E-state index in [2.05, 4.69) is 35.3 Å². The van der Waals surface area contributed by atoms with Gasteiger partial charge < -0.3 is 19.9 Å². The second-order valence-electron chi connectivity index (χ2n) is 7.13. The number of hydrogen-bond donors (Lipinski definition) is 4. The standard InChI is InChI=1S/C20H19F3N6O2/c1-19(30,17-24-11-31-29-17)25-10-16(12-5-4-6-13(9-12)20(21,22)23)28-18-26-14-7-2-3-8-15(14)27-18/h2-9,11,16,25,30H,10H2,1H3,(H2,26,27,28). The van der Waals surface area contributed by atoms with Gasteiger partial charge in [-0.05, 0) is 36.8 Å². The zero-order chi connectivity index (χ0) is 22.1. The molecule has 4 aromatic rings. The average Bonchev–Trinajstić information content (AvgIpc) is 3.40. The largest absolute Gasteiger partial charge is 0.416 e. The quantitative estimate of drug-likeness (QED) is 0.330. The molecule has 0 bridgehead atoms. The Bertz CT molecular complexity index is 1120. The molecule has 162 valence electrons. The summed E-state index contributed by atoms with van der Waals surface area (Å²) in [5, 5.41) is 20.2. The molecule has 0 amide bonds. The molecular formula is C20H19F3N6O2. The van der Waals surface area contributed by atoms with E-state index in [-0.39, 0.29) is 12.4 Å². The second-order valence-corrected chi connectivity index (χ2v) is 7.13. The number of halogens is 3. The minimum absolute atomic E-state index is 0.000899. The summed E-state index contributed by atoms with van der Waals surface area (Å²) in [5.41, 5.74) is -0.597. The summed E-state index contributed by atoms with van der Waals surface area (Å²) in [6.07, 6.45) is -3.41. The fourth-order valence-corrected chi connectivity index (χ4v) is 3.14. The van der Waals surface area contributed by atoms with Crippen LogP contribution in [0.2, 0.25) is 0 Å². The highest BCUT2D eigenvalue weighted by atomic mass is 19.4.